The number of nitrogens with one attached hydrogen (secondary N) is 1. The zero-order valence-corrected chi connectivity index (χ0v) is 14.1. The van der Waals surface area contributed by atoms with Crippen molar-refractivity contribution in [3.63, 3.8) is 0 Å². The lowest BCUT2D eigenvalue weighted by atomic mass is 10.1. The van der Waals surface area contributed by atoms with Gasteiger partial charge >= 0.3 is 0 Å². The maximum absolute atomic E-state index is 4.79. The van der Waals surface area contributed by atoms with Gasteiger partial charge in [0, 0.05) is 31.1 Å². The number of hydrogen-bond donors (Lipinski definition) is 1. The normalized spacial score (nSPS) is 12.6. The van der Waals surface area contributed by atoms with Gasteiger partial charge in [-0.05, 0) is 27.2 Å². The van der Waals surface area contributed by atoms with Gasteiger partial charge in [-0.15, -0.1) is 0 Å². The monoisotopic (exact) mass is 278 g/mol. The van der Waals surface area contributed by atoms with E-state index in [-0.39, 0.29) is 0 Å². The second kappa shape index (κ2) is 7.46. The fourth-order valence-corrected chi connectivity index (χ4v) is 2.28. The summed E-state index contributed by atoms with van der Waals surface area (Å²) in [5.41, 5.74) is 1.14. The molecule has 0 aliphatic rings. The largest absolute Gasteiger partial charge is 0.370 e. The Morgan fingerprint density at radius 2 is 1.80 bits per heavy atom. The Morgan fingerprint density at radius 3 is 2.30 bits per heavy atom. The van der Waals surface area contributed by atoms with Gasteiger partial charge in [0.05, 0.1) is 0 Å². The molecule has 0 bridgehead atoms. The van der Waals surface area contributed by atoms with Gasteiger partial charge in [0.2, 0.25) is 0 Å². The van der Waals surface area contributed by atoms with Crippen molar-refractivity contribution in [1.29, 1.82) is 0 Å². The third-order valence-electron chi connectivity index (χ3n) is 3.70. The van der Waals surface area contributed by atoms with E-state index in [2.05, 4.69) is 63.8 Å². The lowest BCUT2D eigenvalue weighted by Gasteiger charge is -2.28. The van der Waals surface area contributed by atoms with Crippen molar-refractivity contribution in [3.8, 4) is 0 Å². The molecular weight excluding hydrogens is 248 g/mol. The first-order chi connectivity index (χ1) is 9.42. The van der Waals surface area contributed by atoms with Crippen molar-refractivity contribution in [2.45, 2.75) is 66.3 Å². The molecule has 1 rings (SSSR count). The van der Waals surface area contributed by atoms with E-state index in [9.17, 15) is 0 Å². The molecule has 1 heterocycles. The van der Waals surface area contributed by atoms with E-state index < -0.39 is 0 Å². The molecule has 1 aromatic rings. The van der Waals surface area contributed by atoms with E-state index in [1.165, 1.54) is 12.8 Å². The summed E-state index contributed by atoms with van der Waals surface area (Å²) >= 11 is 0. The van der Waals surface area contributed by atoms with Gasteiger partial charge in [0.15, 0.2) is 0 Å². The summed E-state index contributed by atoms with van der Waals surface area (Å²) in [5, 5.41) is 3.36. The number of rotatable bonds is 7. The Morgan fingerprint density at radius 1 is 1.15 bits per heavy atom. The van der Waals surface area contributed by atoms with Crippen molar-refractivity contribution < 1.29 is 0 Å². The zero-order valence-electron chi connectivity index (χ0n) is 14.1. The second-order valence-corrected chi connectivity index (χ2v) is 5.81. The molecule has 1 unspecified atom stereocenters. The van der Waals surface area contributed by atoms with Crippen molar-refractivity contribution >= 4 is 11.6 Å². The van der Waals surface area contributed by atoms with E-state index >= 15 is 0 Å². The lowest BCUT2D eigenvalue weighted by molar-refractivity contribution is 0.606. The molecule has 0 amide bonds. The molecule has 1 atom stereocenters. The molecule has 0 saturated heterocycles. The molecule has 0 aliphatic carbocycles. The maximum Gasteiger partial charge on any atom is 0.137 e. The third kappa shape index (κ3) is 3.84. The van der Waals surface area contributed by atoms with Gasteiger partial charge in [-0.25, -0.2) is 9.97 Å². The molecule has 1 N–H and O–H groups in total. The highest BCUT2D eigenvalue weighted by Crippen LogP contribution is 2.27. The van der Waals surface area contributed by atoms with Crippen LogP contribution in [0.3, 0.4) is 0 Å². The highest BCUT2D eigenvalue weighted by Gasteiger charge is 2.18. The lowest BCUT2D eigenvalue weighted by Crippen LogP contribution is -2.31. The first kappa shape index (κ1) is 16.7. The van der Waals surface area contributed by atoms with Crippen LogP contribution in [-0.4, -0.2) is 29.6 Å². The maximum atomic E-state index is 4.79. The summed E-state index contributed by atoms with van der Waals surface area (Å²) in [7, 11) is 2.13. The molecule has 20 heavy (non-hydrogen) atoms. The number of anilines is 2. The predicted octanol–water partition coefficient (Wildman–Crippen LogP) is 3.97. The number of nitrogens with zero attached hydrogens (tertiary/aromatic N) is 3. The minimum absolute atomic E-state index is 0.335. The Bertz CT molecular complexity index is 429. The topological polar surface area (TPSA) is 41.1 Å². The van der Waals surface area contributed by atoms with Crippen LogP contribution in [0.1, 0.15) is 64.8 Å². The average molecular weight is 278 g/mol. The molecule has 1 aromatic heterocycles. The van der Waals surface area contributed by atoms with Crippen LogP contribution in [-0.2, 0) is 0 Å². The van der Waals surface area contributed by atoms with Crippen LogP contribution in [0.25, 0.3) is 0 Å². The SMILES string of the molecule is CCCC(C)N(C)c1nc(C(C)C)nc(NCC)c1C. The Balaban J connectivity index is 3.22. The van der Waals surface area contributed by atoms with E-state index in [0.29, 0.717) is 12.0 Å². The van der Waals surface area contributed by atoms with Crippen LogP contribution in [0.2, 0.25) is 0 Å². The average Bonchev–Trinajstić information content (AvgIpc) is 2.40. The van der Waals surface area contributed by atoms with Crippen molar-refractivity contribution in [1.82, 2.24) is 9.97 Å². The molecular formula is C16H30N4. The highest BCUT2D eigenvalue weighted by molar-refractivity contribution is 5.58. The van der Waals surface area contributed by atoms with Crippen LogP contribution in [0.4, 0.5) is 11.6 Å². The fraction of sp³-hybridized carbons (Fsp3) is 0.750. The molecule has 0 aromatic carbocycles. The fourth-order valence-electron chi connectivity index (χ4n) is 2.28. The van der Waals surface area contributed by atoms with E-state index in [1.54, 1.807) is 0 Å². The number of hydrogen-bond acceptors (Lipinski definition) is 4. The van der Waals surface area contributed by atoms with E-state index in [1.807, 2.05) is 0 Å². The van der Waals surface area contributed by atoms with Crippen LogP contribution >= 0.6 is 0 Å². The van der Waals surface area contributed by atoms with Crippen LogP contribution < -0.4 is 10.2 Å². The Labute approximate surface area is 124 Å². The summed E-state index contributed by atoms with van der Waals surface area (Å²) in [5.74, 6) is 3.27. The molecule has 114 valence electrons. The molecule has 0 saturated carbocycles. The minimum Gasteiger partial charge on any atom is -0.370 e. The first-order valence-corrected chi connectivity index (χ1v) is 7.77. The Hall–Kier alpha value is -1.32. The van der Waals surface area contributed by atoms with E-state index in [0.717, 1.165) is 29.6 Å². The molecule has 0 radical (unpaired) electrons. The highest BCUT2D eigenvalue weighted by atomic mass is 15.2. The molecule has 0 spiro atoms. The van der Waals surface area contributed by atoms with Crippen LogP contribution in [0, 0.1) is 6.92 Å². The van der Waals surface area contributed by atoms with Gasteiger partial charge in [-0.3, -0.25) is 0 Å². The van der Waals surface area contributed by atoms with Crippen molar-refractivity contribution in [2.75, 3.05) is 23.8 Å². The zero-order chi connectivity index (χ0) is 15.3. The molecule has 4 nitrogen and oxygen atoms in total. The summed E-state index contributed by atoms with van der Waals surface area (Å²) in [4.78, 5) is 11.7. The summed E-state index contributed by atoms with van der Waals surface area (Å²) < 4.78 is 0. The summed E-state index contributed by atoms with van der Waals surface area (Å²) in [6.07, 6.45) is 2.36. The first-order valence-electron chi connectivity index (χ1n) is 7.77. The van der Waals surface area contributed by atoms with Gasteiger partial charge in [-0.2, -0.15) is 0 Å². The smallest absolute Gasteiger partial charge is 0.137 e. The van der Waals surface area contributed by atoms with Crippen molar-refractivity contribution in [3.05, 3.63) is 11.4 Å². The minimum atomic E-state index is 0.335. The number of aromatic nitrogens is 2. The predicted molar refractivity (Wildman–Crippen MR) is 87.8 cm³/mol. The summed E-state index contributed by atoms with van der Waals surface area (Å²) in [6, 6.07) is 0.489. The van der Waals surface area contributed by atoms with Gasteiger partial charge < -0.3 is 10.2 Å². The third-order valence-corrected chi connectivity index (χ3v) is 3.70. The second-order valence-electron chi connectivity index (χ2n) is 5.81. The van der Waals surface area contributed by atoms with Crippen LogP contribution in [0.5, 0.6) is 0 Å². The Kier molecular flexibility index (Phi) is 6.24. The molecule has 4 heteroatoms. The van der Waals surface area contributed by atoms with E-state index in [4.69, 9.17) is 4.98 Å². The van der Waals surface area contributed by atoms with Gasteiger partial charge in [0.25, 0.3) is 0 Å². The molecule has 0 fully saturated rings. The standard InChI is InChI=1S/C16H30N4/c1-8-10-12(5)20(7)16-13(6)15(17-9-2)18-14(19-16)11(3)4/h11-12H,8-10H2,1-7H3,(H,17,18,19). The van der Waals surface area contributed by atoms with Crippen molar-refractivity contribution in [2.24, 2.45) is 0 Å². The van der Waals surface area contributed by atoms with Crippen LogP contribution in [0.15, 0.2) is 0 Å². The van der Waals surface area contributed by atoms with Gasteiger partial charge in [-0.1, -0.05) is 27.2 Å². The molecule has 0 aliphatic heterocycles. The quantitative estimate of drug-likeness (QED) is 0.819. The van der Waals surface area contributed by atoms with Gasteiger partial charge in [0.1, 0.15) is 17.5 Å². The summed E-state index contributed by atoms with van der Waals surface area (Å²) in [6.45, 7) is 13.8.